The van der Waals surface area contributed by atoms with Crippen molar-refractivity contribution in [3.8, 4) is 22.6 Å². The van der Waals surface area contributed by atoms with Crippen molar-refractivity contribution in [3.63, 3.8) is 0 Å². The summed E-state index contributed by atoms with van der Waals surface area (Å²) < 4.78 is 61.4. The summed E-state index contributed by atoms with van der Waals surface area (Å²) in [6.45, 7) is 1.02. The van der Waals surface area contributed by atoms with Gasteiger partial charge in [-0.25, -0.2) is 22.5 Å². The highest BCUT2D eigenvalue weighted by Gasteiger charge is 2.30. The van der Waals surface area contributed by atoms with Crippen LogP contribution in [0.1, 0.15) is 24.5 Å². The molecule has 5 nitrogen and oxygen atoms in total. The molecule has 1 aromatic heterocycles. The lowest BCUT2D eigenvalue weighted by atomic mass is 9.90. The Morgan fingerprint density at radius 2 is 1.68 bits per heavy atom. The average Bonchev–Trinajstić information content (AvgIpc) is 3.16. The van der Waals surface area contributed by atoms with Crippen LogP contribution in [0.4, 0.5) is 13.2 Å². The van der Waals surface area contributed by atoms with Gasteiger partial charge in [0.2, 0.25) is 0 Å². The van der Waals surface area contributed by atoms with Gasteiger partial charge in [0.25, 0.3) is 0 Å². The van der Waals surface area contributed by atoms with E-state index in [1.165, 1.54) is 12.1 Å². The quantitative estimate of drug-likeness (QED) is 0.411. The molecule has 1 aliphatic rings. The molecule has 1 fully saturated rings. The lowest BCUT2D eigenvalue weighted by Gasteiger charge is -2.26. The summed E-state index contributed by atoms with van der Waals surface area (Å²) in [6.07, 6.45) is 1.31. The minimum atomic E-state index is -1.67. The summed E-state index contributed by atoms with van der Waals surface area (Å²) in [7, 11) is -1.67. The molecule has 1 aliphatic heterocycles. The number of halogens is 3. The summed E-state index contributed by atoms with van der Waals surface area (Å²) in [6, 6.07) is 12.5. The Labute approximate surface area is 196 Å². The van der Waals surface area contributed by atoms with Crippen LogP contribution in [0, 0.1) is 17.5 Å². The molecule has 0 amide bonds. The monoisotopic (exact) mass is 486 g/mol. The van der Waals surface area contributed by atoms with Gasteiger partial charge in [-0.3, -0.25) is 0 Å². The van der Waals surface area contributed by atoms with E-state index in [2.05, 4.69) is 0 Å². The highest BCUT2D eigenvalue weighted by Crippen LogP contribution is 2.46. The van der Waals surface area contributed by atoms with Crippen LogP contribution in [0.25, 0.3) is 27.7 Å². The van der Waals surface area contributed by atoms with Crippen LogP contribution in [0.2, 0.25) is 0 Å². The minimum Gasteiger partial charge on any atom is -0.507 e. The second kappa shape index (κ2) is 8.90. The van der Waals surface area contributed by atoms with Crippen LogP contribution in [0.3, 0.4) is 0 Å². The van der Waals surface area contributed by atoms with Crippen molar-refractivity contribution >= 4 is 21.9 Å². The maximum Gasteiger partial charge on any atom is 0.160 e. The number of ether oxygens (including phenoxy) is 1. The first-order valence-electron chi connectivity index (χ1n) is 10.7. The van der Waals surface area contributed by atoms with Gasteiger partial charge >= 0.3 is 0 Å². The molecule has 34 heavy (non-hydrogen) atoms. The number of aromatic nitrogens is 1. The molecule has 176 valence electrons. The fourth-order valence-electron chi connectivity index (χ4n) is 4.69. The number of nitrogens with zero attached hydrogens (tertiary/aromatic N) is 1. The number of rotatable bonds is 4. The molecule has 1 saturated heterocycles. The molecule has 0 aliphatic carbocycles. The number of benzene rings is 3. The SMILES string of the molecule is NS(=O)c1ccc(-c2c(C3CCOCC3)n(-c3ccc(F)c(F)c3)c3cc(F)cc(O)c23)cc1. The van der Waals surface area contributed by atoms with Crippen molar-refractivity contribution in [3.05, 3.63) is 77.7 Å². The van der Waals surface area contributed by atoms with Crippen molar-refractivity contribution in [1.82, 2.24) is 4.57 Å². The summed E-state index contributed by atoms with van der Waals surface area (Å²) in [5, 5.41) is 16.7. The molecule has 0 bridgehead atoms. The van der Waals surface area contributed by atoms with E-state index in [9.17, 15) is 22.5 Å². The number of hydrogen-bond donors (Lipinski definition) is 2. The molecule has 9 heteroatoms. The standard InChI is InChI=1S/C25H21F3N2O3S/c26-16-11-21-24(22(31)12-16)23(14-1-4-18(5-2-14)34(29)32)25(15-7-9-33-10-8-15)30(21)17-3-6-19(27)20(28)13-17/h1-6,11-13,15,31H,7-10,29H2. The van der Waals surface area contributed by atoms with E-state index in [0.29, 0.717) is 58.7 Å². The van der Waals surface area contributed by atoms with E-state index in [1.54, 1.807) is 28.8 Å². The van der Waals surface area contributed by atoms with E-state index in [-0.39, 0.29) is 11.7 Å². The third-order valence-corrected chi connectivity index (χ3v) is 6.93. The second-order valence-electron chi connectivity index (χ2n) is 8.22. The molecule has 3 N–H and O–H groups in total. The van der Waals surface area contributed by atoms with E-state index >= 15 is 0 Å². The maximum atomic E-state index is 14.5. The van der Waals surface area contributed by atoms with E-state index < -0.39 is 28.4 Å². The zero-order valence-corrected chi connectivity index (χ0v) is 18.7. The Bertz CT molecular complexity index is 1410. The van der Waals surface area contributed by atoms with Gasteiger partial charge in [-0.05, 0) is 48.7 Å². The van der Waals surface area contributed by atoms with Gasteiger partial charge in [-0.1, -0.05) is 12.1 Å². The molecule has 0 saturated carbocycles. The largest absolute Gasteiger partial charge is 0.507 e. The molecule has 4 aromatic rings. The summed E-state index contributed by atoms with van der Waals surface area (Å²) >= 11 is 0. The molecule has 1 unspecified atom stereocenters. The van der Waals surface area contributed by atoms with Gasteiger partial charge in [0.1, 0.15) is 22.6 Å². The Hall–Kier alpha value is -3.14. The van der Waals surface area contributed by atoms with E-state index in [4.69, 9.17) is 9.88 Å². The zero-order chi connectivity index (χ0) is 24.0. The second-order valence-corrected chi connectivity index (χ2v) is 9.29. The van der Waals surface area contributed by atoms with Crippen LogP contribution in [0.5, 0.6) is 5.75 Å². The van der Waals surface area contributed by atoms with Gasteiger partial charge in [0.15, 0.2) is 11.6 Å². The fraction of sp³-hybridized carbons (Fsp3) is 0.200. The smallest absolute Gasteiger partial charge is 0.160 e. The minimum absolute atomic E-state index is 0.0601. The van der Waals surface area contributed by atoms with Crippen molar-refractivity contribution < 1.29 is 27.2 Å². The average molecular weight is 487 g/mol. The van der Waals surface area contributed by atoms with Crippen molar-refractivity contribution in [1.29, 1.82) is 0 Å². The number of hydrogen-bond acceptors (Lipinski definition) is 3. The van der Waals surface area contributed by atoms with Gasteiger partial charge in [-0.15, -0.1) is 0 Å². The lowest BCUT2D eigenvalue weighted by Crippen LogP contribution is -2.17. The predicted octanol–water partition coefficient (Wildman–Crippen LogP) is 5.30. The summed E-state index contributed by atoms with van der Waals surface area (Å²) in [5.74, 6) is -3.02. The van der Waals surface area contributed by atoms with Crippen LogP contribution in [0.15, 0.2) is 59.5 Å². The summed E-state index contributed by atoms with van der Waals surface area (Å²) in [5.41, 5.74) is 2.68. The Morgan fingerprint density at radius 3 is 2.32 bits per heavy atom. The third-order valence-electron chi connectivity index (χ3n) is 6.19. The van der Waals surface area contributed by atoms with Crippen molar-refractivity contribution in [2.24, 2.45) is 5.14 Å². The molecular formula is C25H21F3N2O3S. The van der Waals surface area contributed by atoms with Crippen LogP contribution < -0.4 is 5.14 Å². The van der Waals surface area contributed by atoms with E-state index in [0.717, 1.165) is 23.9 Å². The molecule has 2 heterocycles. The molecule has 0 radical (unpaired) electrons. The zero-order valence-electron chi connectivity index (χ0n) is 17.9. The number of phenols is 1. The number of phenolic OH excluding ortho intramolecular Hbond substituents is 1. The molecular weight excluding hydrogens is 465 g/mol. The van der Waals surface area contributed by atoms with E-state index in [1.807, 2.05) is 0 Å². The van der Waals surface area contributed by atoms with Crippen molar-refractivity contribution in [2.75, 3.05) is 13.2 Å². The summed E-state index contributed by atoms with van der Waals surface area (Å²) in [4.78, 5) is 0.427. The Kier molecular flexibility index (Phi) is 5.93. The van der Waals surface area contributed by atoms with Gasteiger partial charge < -0.3 is 14.4 Å². The highest BCUT2D eigenvalue weighted by atomic mass is 32.2. The van der Waals surface area contributed by atoms with Gasteiger partial charge in [-0.2, -0.15) is 0 Å². The molecule has 1 atom stereocenters. The van der Waals surface area contributed by atoms with Crippen molar-refractivity contribution in [2.45, 2.75) is 23.7 Å². The maximum absolute atomic E-state index is 14.5. The lowest BCUT2D eigenvalue weighted by molar-refractivity contribution is 0.0843. The first-order chi connectivity index (χ1) is 16.3. The van der Waals surface area contributed by atoms with Crippen LogP contribution >= 0.6 is 0 Å². The molecule has 3 aromatic carbocycles. The topological polar surface area (TPSA) is 77.5 Å². The Morgan fingerprint density at radius 1 is 0.971 bits per heavy atom. The Balaban J connectivity index is 1.89. The first-order valence-corrected chi connectivity index (χ1v) is 11.9. The molecule has 5 rings (SSSR count). The number of aromatic hydroxyl groups is 1. The van der Waals surface area contributed by atoms with Gasteiger partial charge in [0, 0.05) is 48.2 Å². The van der Waals surface area contributed by atoms with Crippen LogP contribution in [-0.2, 0) is 15.7 Å². The first kappa shape index (κ1) is 22.6. The highest BCUT2D eigenvalue weighted by molar-refractivity contribution is 7.82. The molecule has 0 spiro atoms. The normalized spacial score (nSPS) is 15.6. The predicted molar refractivity (Wildman–Crippen MR) is 124 cm³/mol. The fourth-order valence-corrected chi connectivity index (χ4v) is 5.09. The number of nitrogens with two attached hydrogens (primary N) is 1. The van der Waals surface area contributed by atoms with Crippen LogP contribution in [-0.4, -0.2) is 27.1 Å². The van der Waals surface area contributed by atoms with Gasteiger partial charge in [0.05, 0.1) is 15.8 Å². The number of fused-ring (bicyclic) bond motifs is 1. The third kappa shape index (κ3) is 3.89.